The fourth-order valence-corrected chi connectivity index (χ4v) is 2.10. The van der Waals surface area contributed by atoms with E-state index in [4.69, 9.17) is 16.3 Å². The Morgan fingerprint density at radius 2 is 2.10 bits per heavy atom. The maximum atomic E-state index is 6.10. The van der Waals surface area contributed by atoms with Gasteiger partial charge in [-0.2, -0.15) is 0 Å². The van der Waals surface area contributed by atoms with E-state index in [0.717, 1.165) is 30.8 Å². The molecular weight excluding hydrogens is 284 g/mol. The maximum absolute atomic E-state index is 6.10. The smallest absolute Gasteiger partial charge is 0.138 e. The molecule has 0 radical (unpaired) electrons. The second-order valence-electron chi connectivity index (χ2n) is 5.06. The van der Waals surface area contributed by atoms with Crippen molar-refractivity contribution in [2.75, 3.05) is 6.54 Å². The zero-order chi connectivity index (χ0) is 15.1. The van der Waals surface area contributed by atoms with E-state index in [1.807, 2.05) is 37.4 Å². The lowest BCUT2D eigenvalue weighted by atomic mass is 10.2. The molecule has 3 nitrogen and oxygen atoms in total. The molecule has 0 unspecified atom stereocenters. The Kier molecular flexibility index (Phi) is 6.03. The molecule has 0 saturated heterocycles. The first-order valence-electron chi connectivity index (χ1n) is 7.22. The van der Waals surface area contributed by atoms with Crippen molar-refractivity contribution in [3.8, 4) is 5.75 Å². The van der Waals surface area contributed by atoms with Crippen LogP contribution in [-0.4, -0.2) is 11.5 Å². The maximum Gasteiger partial charge on any atom is 0.138 e. The van der Waals surface area contributed by atoms with Crippen LogP contribution in [-0.2, 0) is 13.2 Å². The highest BCUT2D eigenvalue weighted by Crippen LogP contribution is 2.25. The van der Waals surface area contributed by atoms with Crippen molar-refractivity contribution in [2.24, 2.45) is 0 Å². The monoisotopic (exact) mass is 304 g/mol. The lowest BCUT2D eigenvalue weighted by molar-refractivity contribution is 0.301. The van der Waals surface area contributed by atoms with Gasteiger partial charge in [-0.05, 0) is 49.2 Å². The quantitative estimate of drug-likeness (QED) is 0.781. The number of hydrogen-bond donors (Lipinski definition) is 1. The third kappa shape index (κ3) is 5.03. The molecule has 2 rings (SSSR count). The highest BCUT2D eigenvalue weighted by molar-refractivity contribution is 6.32. The molecule has 0 amide bonds. The second-order valence-corrected chi connectivity index (χ2v) is 5.46. The largest absolute Gasteiger partial charge is 0.486 e. The fourth-order valence-electron chi connectivity index (χ4n) is 1.93. The van der Waals surface area contributed by atoms with Crippen LogP contribution in [0, 0.1) is 6.92 Å². The number of halogens is 1. The van der Waals surface area contributed by atoms with Crippen molar-refractivity contribution in [2.45, 2.75) is 33.4 Å². The van der Waals surface area contributed by atoms with Crippen LogP contribution in [0.3, 0.4) is 0 Å². The molecule has 0 saturated carbocycles. The average molecular weight is 305 g/mol. The highest BCUT2D eigenvalue weighted by Gasteiger charge is 2.03. The molecule has 0 aliphatic heterocycles. The summed E-state index contributed by atoms with van der Waals surface area (Å²) < 4.78 is 5.73. The number of pyridine rings is 1. The molecule has 0 fully saturated rings. The molecule has 21 heavy (non-hydrogen) atoms. The Bertz CT molecular complexity index is 570. The molecule has 1 N–H and O–H groups in total. The van der Waals surface area contributed by atoms with Gasteiger partial charge in [-0.25, -0.2) is 0 Å². The van der Waals surface area contributed by atoms with Crippen molar-refractivity contribution in [1.29, 1.82) is 0 Å². The number of rotatable bonds is 7. The van der Waals surface area contributed by atoms with Crippen LogP contribution >= 0.6 is 11.6 Å². The van der Waals surface area contributed by atoms with Gasteiger partial charge in [0.15, 0.2) is 0 Å². The molecule has 2 aromatic rings. The molecular formula is C17H21ClN2O. The van der Waals surface area contributed by atoms with E-state index in [9.17, 15) is 0 Å². The minimum Gasteiger partial charge on any atom is -0.486 e. The molecule has 0 bridgehead atoms. The van der Waals surface area contributed by atoms with E-state index in [2.05, 4.69) is 23.3 Å². The summed E-state index contributed by atoms with van der Waals surface area (Å²) in [6.45, 7) is 6.47. The number of hydrogen-bond acceptors (Lipinski definition) is 3. The summed E-state index contributed by atoms with van der Waals surface area (Å²) >= 11 is 6.10. The Hall–Kier alpha value is -1.58. The number of aryl methyl sites for hydroxylation is 1. The Morgan fingerprint density at radius 3 is 2.81 bits per heavy atom. The van der Waals surface area contributed by atoms with Gasteiger partial charge in [0.05, 0.1) is 10.7 Å². The molecule has 1 aromatic heterocycles. The number of nitrogens with one attached hydrogen (secondary N) is 1. The van der Waals surface area contributed by atoms with Gasteiger partial charge >= 0.3 is 0 Å². The van der Waals surface area contributed by atoms with Gasteiger partial charge in [-0.1, -0.05) is 30.7 Å². The molecule has 0 aliphatic carbocycles. The van der Waals surface area contributed by atoms with Crippen LogP contribution in [0.4, 0.5) is 0 Å². The van der Waals surface area contributed by atoms with E-state index in [0.29, 0.717) is 17.4 Å². The standard InChI is InChI=1S/C17H21ClN2O/c1-3-8-19-10-14-5-6-15(20-11-14)12-21-17-9-13(2)4-7-16(17)18/h4-7,9,11,19H,3,8,10,12H2,1-2H3. The van der Waals surface area contributed by atoms with Gasteiger partial charge in [-0.3, -0.25) is 4.98 Å². The molecule has 0 atom stereocenters. The van der Waals surface area contributed by atoms with Gasteiger partial charge in [0.2, 0.25) is 0 Å². The summed E-state index contributed by atoms with van der Waals surface area (Å²) in [7, 11) is 0. The van der Waals surface area contributed by atoms with Crippen molar-refractivity contribution >= 4 is 11.6 Å². The summed E-state index contributed by atoms with van der Waals surface area (Å²) in [5, 5.41) is 3.98. The summed E-state index contributed by atoms with van der Waals surface area (Å²) in [6.07, 6.45) is 3.02. The second kappa shape index (κ2) is 8.01. The third-order valence-electron chi connectivity index (χ3n) is 3.10. The van der Waals surface area contributed by atoms with E-state index in [1.165, 1.54) is 5.56 Å². The zero-order valence-electron chi connectivity index (χ0n) is 12.5. The van der Waals surface area contributed by atoms with Crippen LogP contribution in [0.2, 0.25) is 5.02 Å². The van der Waals surface area contributed by atoms with Gasteiger partial charge in [0, 0.05) is 12.7 Å². The lowest BCUT2D eigenvalue weighted by Crippen LogP contribution is -2.14. The average Bonchev–Trinajstić information content (AvgIpc) is 2.50. The first kappa shape index (κ1) is 15.8. The number of aromatic nitrogens is 1. The molecule has 1 heterocycles. The van der Waals surface area contributed by atoms with E-state index >= 15 is 0 Å². The van der Waals surface area contributed by atoms with E-state index in [1.54, 1.807) is 0 Å². The topological polar surface area (TPSA) is 34.1 Å². The van der Waals surface area contributed by atoms with Crippen LogP contribution < -0.4 is 10.1 Å². The Morgan fingerprint density at radius 1 is 1.24 bits per heavy atom. The number of nitrogens with zero attached hydrogens (tertiary/aromatic N) is 1. The Labute approximate surface area is 131 Å². The molecule has 0 spiro atoms. The number of benzene rings is 1. The minimum atomic E-state index is 0.422. The summed E-state index contributed by atoms with van der Waals surface area (Å²) in [5.74, 6) is 0.701. The van der Waals surface area contributed by atoms with Crippen molar-refractivity contribution in [3.05, 3.63) is 58.4 Å². The predicted octanol–water partition coefficient (Wildman–Crippen LogP) is 4.12. The SMILES string of the molecule is CCCNCc1ccc(COc2cc(C)ccc2Cl)nc1. The molecule has 0 aliphatic rings. The van der Waals surface area contributed by atoms with Gasteiger partial charge in [-0.15, -0.1) is 0 Å². The first-order chi connectivity index (χ1) is 10.2. The van der Waals surface area contributed by atoms with Crippen molar-refractivity contribution in [1.82, 2.24) is 10.3 Å². The summed E-state index contributed by atoms with van der Waals surface area (Å²) in [4.78, 5) is 4.42. The highest BCUT2D eigenvalue weighted by atomic mass is 35.5. The molecule has 1 aromatic carbocycles. The molecule has 112 valence electrons. The van der Waals surface area contributed by atoms with Crippen LogP contribution in [0.5, 0.6) is 5.75 Å². The molecule has 4 heteroatoms. The number of ether oxygens (including phenoxy) is 1. The van der Waals surface area contributed by atoms with Crippen molar-refractivity contribution < 1.29 is 4.74 Å². The van der Waals surface area contributed by atoms with Crippen molar-refractivity contribution in [3.63, 3.8) is 0 Å². The summed E-state index contributed by atoms with van der Waals surface area (Å²) in [5.41, 5.74) is 3.20. The van der Waals surface area contributed by atoms with Gasteiger partial charge in [0.1, 0.15) is 12.4 Å². The van der Waals surface area contributed by atoms with Gasteiger partial charge < -0.3 is 10.1 Å². The predicted molar refractivity (Wildman–Crippen MR) is 86.8 cm³/mol. The normalized spacial score (nSPS) is 10.6. The van der Waals surface area contributed by atoms with Crippen LogP contribution in [0.1, 0.15) is 30.2 Å². The lowest BCUT2D eigenvalue weighted by Gasteiger charge is -2.09. The fraction of sp³-hybridized carbons (Fsp3) is 0.353. The van der Waals surface area contributed by atoms with Crippen LogP contribution in [0.25, 0.3) is 0 Å². The first-order valence-corrected chi connectivity index (χ1v) is 7.60. The van der Waals surface area contributed by atoms with Crippen LogP contribution in [0.15, 0.2) is 36.5 Å². The zero-order valence-corrected chi connectivity index (χ0v) is 13.3. The summed E-state index contributed by atoms with van der Waals surface area (Å²) in [6, 6.07) is 9.82. The minimum absolute atomic E-state index is 0.422. The van der Waals surface area contributed by atoms with E-state index < -0.39 is 0 Å². The Balaban J connectivity index is 1.90. The van der Waals surface area contributed by atoms with Gasteiger partial charge in [0.25, 0.3) is 0 Å². The van der Waals surface area contributed by atoms with E-state index in [-0.39, 0.29) is 0 Å². The third-order valence-corrected chi connectivity index (χ3v) is 3.42.